The standard InChI is InChI=1S/C20H18N2O3/c1-3-25-20(24)18(19(23)16-9-7-14(2)8-10-16)13-22-17-6-4-5-15(11-17)12-21/h4-11,13,23H,3H2,1-2H3. The number of carbonyl (C=O) groups excluding carboxylic acids is 1. The molecule has 0 saturated carbocycles. The minimum absolute atomic E-state index is 0.0481. The average molecular weight is 334 g/mol. The maximum atomic E-state index is 12.2. The normalized spacial score (nSPS) is 11.7. The van der Waals surface area contributed by atoms with E-state index in [9.17, 15) is 9.90 Å². The summed E-state index contributed by atoms with van der Waals surface area (Å²) in [5.74, 6) is -0.876. The highest BCUT2D eigenvalue weighted by Crippen LogP contribution is 2.19. The van der Waals surface area contributed by atoms with Crippen LogP contribution in [0.25, 0.3) is 5.76 Å². The first kappa shape index (κ1) is 18.0. The third kappa shape index (κ3) is 4.79. The lowest BCUT2D eigenvalue weighted by molar-refractivity contribution is -0.137. The molecule has 0 radical (unpaired) electrons. The summed E-state index contributed by atoms with van der Waals surface area (Å²) in [6.07, 6.45) is 1.25. The van der Waals surface area contributed by atoms with Crippen LogP contribution in [-0.4, -0.2) is 23.9 Å². The van der Waals surface area contributed by atoms with Crippen molar-refractivity contribution in [2.24, 2.45) is 4.99 Å². The van der Waals surface area contributed by atoms with Crippen molar-refractivity contribution in [2.45, 2.75) is 13.8 Å². The SMILES string of the molecule is CCOC(=O)C(C=Nc1cccc(C#N)c1)=C(O)c1ccc(C)cc1. The molecular formula is C20H18N2O3. The van der Waals surface area contributed by atoms with Crippen LogP contribution in [0.15, 0.2) is 59.1 Å². The Kier molecular flexibility index (Phi) is 6.08. The lowest BCUT2D eigenvalue weighted by atomic mass is 10.1. The Morgan fingerprint density at radius 1 is 1.28 bits per heavy atom. The summed E-state index contributed by atoms with van der Waals surface area (Å²) >= 11 is 0. The van der Waals surface area contributed by atoms with E-state index in [4.69, 9.17) is 10.00 Å². The van der Waals surface area contributed by atoms with Crippen molar-refractivity contribution in [2.75, 3.05) is 6.61 Å². The van der Waals surface area contributed by atoms with Gasteiger partial charge >= 0.3 is 5.97 Å². The van der Waals surface area contributed by atoms with E-state index in [1.165, 1.54) is 6.21 Å². The molecule has 2 aromatic rings. The molecule has 1 N–H and O–H groups in total. The monoisotopic (exact) mass is 334 g/mol. The third-order valence-corrected chi connectivity index (χ3v) is 3.39. The van der Waals surface area contributed by atoms with Crippen molar-refractivity contribution in [1.29, 1.82) is 5.26 Å². The molecule has 5 nitrogen and oxygen atoms in total. The van der Waals surface area contributed by atoms with E-state index in [0.717, 1.165) is 5.56 Å². The number of aliphatic hydroxyl groups excluding tert-OH is 1. The number of carbonyl (C=O) groups is 1. The number of hydrogen-bond donors (Lipinski definition) is 1. The molecule has 0 amide bonds. The molecule has 0 unspecified atom stereocenters. The zero-order valence-corrected chi connectivity index (χ0v) is 14.1. The summed E-state index contributed by atoms with van der Waals surface area (Å²) in [7, 11) is 0. The fourth-order valence-electron chi connectivity index (χ4n) is 2.08. The van der Waals surface area contributed by atoms with Crippen LogP contribution < -0.4 is 0 Å². The van der Waals surface area contributed by atoms with Crippen LogP contribution >= 0.6 is 0 Å². The average Bonchev–Trinajstić information content (AvgIpc) is 2.62. The first-order chi connectivity index (χ1) is 12.0. The fourth-order valence-corrected chi connectivity index (χ4v) is 2.08. The van der Waals surface area contributed by atoms with Gasteiger partial charge in [-0.25, -0.2) is 4.79 Å². The molecule has 0 aliphatic rings. The van der Waals surface area contributed by atoms with Gasteiger partial charge in [0.15, 0.2) is 0 Å². The van der Waals surface area contributed by atoms with Gasteiger partial charge in [0.05, 0.1) is 23.9 Å². The van der Waals surface area contributed by atoms with Crippen LogP contribution in [-0.2, 0) is 9.53 Å². The van der Waals surface area contributed by atoms with Gasteiger partial charge in [0.2, 0.25) is 0 Å². The number of nitrogens with zero attached hydrogens (tertiary/aromatic N) is 2. The summed E-state index contributed by atoms with van der Waals surface area (Å²) < 4.78 is 5.00. The van der Waals surface area contributed by atoms with E-state index >= 15 is 0 Å². The summed E-state index contributed by atoms with van der Waals surface area (Å²) in [6.45, 7) is 3.80. The molecule has 2 aromatic carbocycles. The number of esters is 1. The maximum Gasteiger partial charge on any atom is 0.343 e. The molecular weight excluding hydrogens is 316 g/mol. The molecule has 0 bridgehead atoms. The van der Waals surface area contributed by atoms with E-state index in [-0.39, 0.29) is 17.9 Å². The Morgan fingerprint density at radius 2 is 2.00 bits per heavy atom. The Bertz CT molecular complexity index is 859. The largest absolute Gasteiger partial charge is 0.506 e. The highest BCUT2D eigenvalue weighted by Gasteiger charge is 2.16. The minimum atomic E-state index is -0.666. The molecule has 0 aromatic heterocycles. The van der Waals surface area contributed by atoms with Gasteiger partial charge in [-0.15, -0.1) is 0 Å². The predicted molar refractivity (Wildman–Crippen MR) is 96.7 cm³/mol. The quantitative estimate of drug-likeness (QED) is 0.386. The molecule has 0 atom stereocenters. The number of aliphatic imine (C=N–C) groups is 1. The lowest BCUT2D eigenvalue weighted by Gasteiger charge is -2.07. The van der Waals surface area contributed by atoms with Gasteiger partial charge in [-0.2, -0.15) is 5.26 Å². The fraction of sp³-hybridized carbons (Fsp3) is 0.150. The van der Waals surface area contributed by atoms with Crippen LogP contribution in [0, 0.1) is 18.3 Å². The van der Waals surface area contributed by atoms with E-state index in [0.29, 0.717) is 16.8 Å². The number of benzene rings is 2. The molecule has 0 heterocycles. The number of aliphatic hydroxyl groups is 1. The number of ether oxygens (including phenoxy) is 1. The number of aryl methyl sites for hydroxylation is 1. The maximum absolute atomic E-state index is 12.2. The zero-order valence-electron chi connectivity index (χ0n) is 14.1. The van der Waals surface area contributed by atoms with Gasteiger partial charge in [-0.05, 0) is 32.0 Å². The summed E-state index contributed by atoms with van der Waals surface area (Å²) in [5.41, 5.74) is 2.44. The van der Waals surface area contributed by atoms with Gasteiger partial charge < -0.3 is 9.84 Å². The van der Waals surface area contributed by atoms with E-state index in [2.05, 4.69) is 4.99 Å². The third-order valence-electron chi connectivity index (χ3n) is 3.39. The van der Waals surface area contributed by atoms with E-state index < -0.39 is 5.97 Å². The molecule has 126 valence electrons. The summed E-state index contributed by atoms with van der Waals surface area (Å²) in [4.78, 5) is 16.4. The van der Waals surface area contributed by atoms with Crippen LogP contribution in [0.1, 0.15) is 23.6 Å². The Labute approximate surface area is 146 Å². The summed E-state index contributed by atoms with van der Waals surface area (Å²) in [6, 6.07) is 15.8. The smallest absolute Gasteiger partial charge is 0.343 e. The first-order valence-corrected chi connectivity index (χ1v) is 7.76. The molecule has 0 aliphatic carbocycles. The van der Waals surface area contributed by atoms with Crippen molar-refractivity contribution in [3.05, 3.63) is 70.8 Å². The van der Waals surface area contributed by atoms with Crippen molar-refractivity contribution < 1.29 is 14.6 Å². The van der Waals surface area contributed by atoms with Crippen LogP contribution in [0.5, 0.6) is 0 Å². The molecule has 25 heavy (non-hydrogen) atoms. The van der Waals surface area contributed by atoms with E-state index in [1.54, 1.807) is 43.3 Å². The van der Waals surface area contributed by atoms with Gasteiger partial charge in [-0.1, -0.05) is 35.9 Å². The van der Waals surface area contributed by atoms with Crippen LogP contribution in [0.4, 0.5) is 5.69 Å². The molecule has 0 saturated heterocycles. The van der Waals surface area contributed by atoms with Crippen molar-refractivity contribution >= 4 is 23.6 Å². The predicted octanol–water partition coefficient (Wildman–Crippen LogP) is 4.10. The Balaban J connectivity index is 2.43. The lowest BCUT2D eigenvalue weighted by Crippen LogP contribution is -2.11. The molecule has 0 spiro atoms. The number of hydrogen-bond acceptors (Lipinski definition) is 5. The van der Waals surface area contributed by atoms with Gasteiger partial charge in [0.25, 0.3) is 0 Å². The highest BCUT2D eigenvalue weighted by molar-refractivity contribution is 6.15. The van der Waals surface area contributed by atoms with Crippen molar-refractivity contribution in [3.63, 3.8) is 0 Å². The number of nitriles is 1. The van der Waals surface area contributed by atoms with Crippen LogP contribution in [0.2, 0.25) is 0 Å². The highest BCUT2D eigenvalue weighted by atomic mass is 16.5. The molecule has 5 heteroatoms. The summed E-state index contributed by atoms with van der Waals surface area (Å²) in [5, 5.41) is 19.4. The van der Waals surface area contributed by atoms with Crippen LogP contribution in [0.3, 0.4) is 0 Å². The zero-order chi connectivity index (χ0) is 18.2. The second-order valence-electron chi connectivity index (χ2n) is 5.27. The second-order valence-corrected chi connectivity index (χ2v) is 5.27. The molecule has 0 fully saturated rings. The van der Waals surface area contributed by atoms with Crippen molar-refractivity contribution in [1.82, 2.24) is 0 Å². The van der Waals surface area contributed by atoms with Gasteiger partial charge in [-0.3, -0.25) is 4.99 Å². The minimum Gasteiger partial charge on any atom is -0.506 e. The molecule has 0 aliphatic heterocycles. The topological polar surface area (TPSA) is 82.7 Å². The Hall–Kier alpha value is -3.39. The van der Waals surface area contributed by atoms with E-state index in [1.807, 2.05) is 25.1 Å². The first-order valence-electron chi connectivity index (χ1n) is 7.76. The van der Waals surface area contributed by atoms with Gasteiger partial charge in [0.1, 0.15) is 11.3 Å². The van der Waals surface area contributed by atoms with Crippen molar-refractivity contribution in [3.8, 4) is 6.07 Å². The Morgan fingerprint density at radius 3 is 2.64 bits per heavy atom. The second kappa shape index (κ2) is 8.46. The number of rotatable bonds is 5. The molecule has 2 rings (SSSR count). The van der Waals surface area contributed by atoms with Gasteiger partial charge in [0, 0.05) is 11.8 Å².